The number of fused-ring (bicyclic) bond motifs is 2. The van der Waals surface area contributed by atoms with Crippen LogP contribution in [-0.4, -0.2) is 16.8 Å². The van der Waals surface area contributed by atoms with Crippen LogP contribution in [0.1, 0.15) is 35.3 Å². The van der Waals surface area contributed by atoms with Gasteiger partial charge in [0.25, 0.3) is 5.88 Å². The predicted octanol–water partition coefficient (Wildman–Crippen LogP) is 7.68. The van der Waals surface area contributed by atoms with Crippen LogP contribution in [0.3, 0.4) is 0 Å². The topological polar surface area (TPSA) is 83.7 Å². The first-order valence-electron chi connectivity index (χ1n) is 12.7. The van der Waals surface area contributed by atoms with Gasteiger partial charge in [-0.2, -0.15) is 0 Å². The van der Waals surface area contributed by atoms with Crippen molar-refractivity contribution in [3.05, 3.63) is 104 Å². The number of halogens is 1. The molecule has 3 aromatic heterocycles. The highest BCUT2D eigenvalue weighted by atomic mass is 35.5. The number of pyridine rings is 2. The smallest absolute Gasteiger partial charge is 0.260 e. The van der Waals surface area contributed by atoms with E-state index >= 15 is 0 Å². The molecule has 9 heteroatoms. The molecule has 0 radical (unpaired) electrons. The zero-order valence-corrected chi connectivity index (χ0v) is 23.6. The van der Waals surface area contributed by atoms with E-state index in [0.29, 0.717) is 61.2 Å². The van der Waals surface area contributed by atoms with Gasteiger partial charge in [-0.05, 0) is 62.2 Å². The van der Waals surface area contributed by atoms with Gasteiger partial charge >= 0.3 is 0 Å². The molecule has 0 bridgehead atoms. The number of nitrogens with zero attached hydrogens (tertiary/aromatic N) is 2. The van der Waals surface area contributed by atoms with E-state index in [9.17, 15) is 4.79 Å². The Morgan fingerprint density at radius 1 is 1.07 bits per heavy atom. The lowest BCUT2D eigenvalue weighted by atomic mass is 10.00. The van der Waals surface area contributed by atoms with Crippen LogP contribution in [0.5, 0.6) is 17.4 Å². The quantitative estimate of drug-likeness (QED) is 0.145. The fourth-order valence-electron chi connectivity index (χ4n) is 4.64. The van der Waals surface area contributed by atoms with Gasteiger partial charge in [0.1, 0.15) is 27.6 Å². The zero-order chi connectivity index (χ0) is 27.8. The average Bonchev–Trinajstić information content (AvgIpc) is 3.43. The third-order valence-electron chi connectivity index (χ3n) is 6.63. The summed E-state index contributed by atoms with van der Waals surface area (Å²) >= 11 is 7.79. The molecule has 1 aliphatic heterocycles. The third kappa shape index (κ3) is 5.12. The van der Waals surface area contributed by atoms with Gasteiger partial charge in [0.2, 0.25) is 6.79 Å². The van der Waals surface area contributed by atoms with Crippen molar-refractivity contribution in [2.24, 2.45) is 0 Å². The summed E-state index contributed by atoms with van der Waals surface area (Å²) < 4.78 is 23.7. The fourth-order valence-corrected chi connectivity index (χ4v) is 5.75. The van der Waals surface area contributed by atoms with E-state index in [1.807, 2.05) is 50.2 Å². The molecule has 4 heterocycles. The molecule has 0 N–H and O–H groups in total. The van der Waals surface area contributed by atoms with Crippen LogP contribution < -0.4 is 19.6 Å². The lowest BCUT2D eigenvalue weighted by molar-refractivity contribution is 0.171. The van der Waals surface area contributed by atoms with Gasteiger partial charge in [-0.3, -0.25) is 4.79 Å². The van der Waals surface area contributed by atoms with Crippen molar-refractivity contribution < 1.29 is 18.6 Å². The van der Waals surface area contributed by atoms with Crippen molar-refractivity contribution in [3.8, 4) is 28.7 Å². The van der Waals surface area contributed by atoms with E-state index in [1.165, 1.54) is 5.56 Å². The summed E-state index contributed by atoms with van der Waals surface area (Å²) in [6.07, 6.45) is 1.16. The van der Waals surface area contributed by atoms with Crippen molar-refractivity contribution in [3.63, 3.8) is 0 Å². The number of hydrogen-bond acceptors (Lipinski definition) is 8. The molecule has 1 aliphatic rings. The number of thioether (sulfide) groups is 1. The molecule has 40 heavy (non-hydrogen) atoms. The number of rotatable bonds is 7. The Bertz CT molecular complexity index is 1790. The molecule has 0 spiro atoms. The molecule has 1 atom stereocenters. The van der Waals surface area contributed by atoms with Crippen molar-refractivity contribution >= 4 is 34.3 Å². The Labute approximate surface area is 240 Å². The maximum Gasteiger partial charge on any atom is 0.260 e. The second kappa shape index (κ2) is 10.9. The highest BCUT2D eigenvalue weighted by molar-refractivity contribution is 7.98. The first-order valence-corrected chi connectivity index (χ1v) is 14.1. The van der Waals surface area contributed by atoms with Crippen molar-refractivity contribution in [1.29, 1.82) is 0 Å². The normalized spacial score (nSPS) is 13.0. The Balaban J connectivity index is 1.38. The SMILES string of the molecule is Cc1cc([C@@H](C)Oc2ccc(Cl)nc2SCc2ccccc2)c2oc(-c3cnc4c(c3)OCO4)c(C)c(=O)c2c1. The number of benzene rings is 2. The number of hydrogen-bond donors (Lipinski definition) is 0. The van der Waals surface area contributed by atoms with E-state index in [2.05, 4.69) is 22.1 Å². The number of aryl methyl sites for hydroxylation is 1. The lowest BCUT2D eigenvalue weighted by Gasteiger charge is -2.19. The van der Waals surface area contributed by atoms with Gasteiger partial charge < -0.3 is 18.6 Å². The molecule has 6 rings (SSSR count). The molecule has 0 saturated heterocycles. The predicted molar refractivity (Wildman–Crippen MR) is 156 cm³/mol. The Morgan fingerprint density at radius 2 is 1.90 bits per heavy atom. The summed E-state index contributed by atoms with van der Waals surface area (Å²) in [5.74, 6) is 2.67. The average molecular weight is 573 g/mol. The van der Waals surface area contributed by atoms with Crippen LogP contribution in [0.2, 0.25) is 5.15 Å². The van der Waals surface area contributed by atoms with Gasteiger partial charge in [0, 0.05) is 28.6 Å². The molecule has 7 nitrogen and oxygen atoms in total. The maximum absolute atomic E-state index is 13.5. The van der Waals surface area contributed by atoms with Gasteiger partial charge in [-0.15, -0.1) is 0 Å². The van der Waals surface area contributed by atoms with Crippen LogP contribution in [-0.2, 0) is 5.75 Å². The standard InChI is InChI=1S/C31H25ClN2O5S/c1-17-11-22(19(3)38-24-9-10-26(32)34-31(24)40-15-20-7-5-4-6-8-20)29-23(12-17)27(35)18(2)28(39-29)21-13-25-30(33-14-21)37-16-36-25/h4-14,19H,15-16H2,1-3H3/t19-/m1/s1. The second-order valence-corrected chi connectivity index (χ2v) is 10.9. The van der Waals surface area contributed by atoms with Crippen LogP contribution in [0, 0.1) is 13.8 Å². The Morgan fingerprint density at radius 3 is 2.73 bits per heavy atom. The Hall–Kier alpha value is -4.01. The monoisotopic (exact) mass is 572 g/mol. The minimum absolute atomic E-state index is 0.107. The molecular formula is C31H25ClN2O5S. The van der Waals surface area contributed by atoms with Crippen molar-refractivity contribution in [2.75, 3.05) is 6.79 Å². The maximum atomic E-state index is 13.5. The summed E-state index contributed by atoms with van der Waals surface area (Å²) in [4.78, 5) is 22.4. The molecule has 0 fully saturated rings. The van der Waals surface area contributed by atoms with Gasteiger partial charge in [-0.1, -0.05) is 53.7 Å². The summed E-state index contributed by atoms with van der Waals surface area (Å²) in [5, 5.41) is 1.57. The van der Waals surface area contributed by atoms with E-state index in [4.69, 9.17) is 30.2 Å². The van der Waals surface area contributed by atoms with Gasteiger partial charge in [-0.25, -0.2) is 9.97 Å². The van der Waals surface area contributed by atoms with Gasteiger partial charge in [0.05, 0.1) is 5.39 Å². The minimum atomic E-state index is -0.463. The first-order chi connectivity index (χ1) is 19.4. The highest BCUT2D eigenvalue weighted by Crippen LogP contribution is 2.38. The van der Waals surface area contributed by atoms with E-state index in [0.717, 1.165) is 11.1 Å². The summed E-state index contributed by atoms with van der Waals surface area (Å²) in [6.45, 7) is 5.74. The van der Waals surface area contributed by atoms with Crippen LogP contribution in [0.15, 0.2) is 81.1 Å². The van der Waals surface area contributed by atoms with Crippen LogP contribution in [0.25, 0.3) is 22.3 Å². The number of aromatic nitrogens is 2. The largest absolute Gasteiger partial charge is 0.483 e. The number of ether oxygens (including phenoxy) is 3. The highest BCUT2D eigenvalue weighted by Gasteiger charge is 2.23. The molecular weight excluding hydrogens is 548 g/mol. The van der Waals surface area contributed by atoms with Crippen LogP contribution >= 0.6 is 23.4 Å². The van der Waals surface area contributed by atoms with E-state index in [1.54, 1.807) is 37.0 Å². The molecule has 2 aromatic carbocycles. The van der Waals surface area contributed by atoms with E-state index < -0.39 is 6.10 Å². The molecule has 0 unspecified atom stereocenters. The van der Waals surface area contributed by atoms with E-state index in [-0.39, 0.29) is 12.2 Å². The van der Waals surface area contributed by atoms with Gasteiger partial charge in [0.15, 0.2) is 16.9 Å². The van der Waals surface area contributed by atoms with Crippen molar-refractivity contribution in [1.82, 2.24) is 9.97 Å². The van der Waals surface area contributed by atoms with Crippen LogP contribution in [0.4, 0.5) is 0 Å². The molecule has 0 aliphatic carbocycles. The molecule has 5 aromatic rings. The molecule has 0 saturated carbocycles. The zero-order valence-electron chi connectivity index (χ0n) is 22.1. The molecule has 0 amide bonds. The summed E-state index contributed by atoms with van der Waals surface area (Å²) in [7, 11) is 0. The second-order valence-electron chi connectivity index (χ2n) is 9.52. The Kier molecular flexibility index (Phi) is 7.12. The fraction of sp³-hybridized carbons (Fsp3) is 0.194. The molecule has 202 valence electrons. The summed E-state index contributed by atoms with van der Waals surface area (Å²) in [5.41, 5.74) is 4.30. The lowest BCUT2D eigenvalue weighted by Crippen LogP contribution is -2.11. The third-order valence-corrected chi connectivity index (χ3v) is 7.89. The first kappa shape index (κ1) is 26.2. The summed E-state index contributed by atoms with van der Waals surface area (Å²) in [6, 6.07) is 19.3. The minimum Gasteiger partial charge on any atom is -0.483 e. The van der Waals surface area contributed by atoms with Crippen molar-refractivity contribution in [2.45, 2.75) is 37.7 Å².